The number of para-hydroxylation sites is 1. The Morgan fingerprint density at radius 2 is 2.00 bits per heavy atom. The number of hydrogen-bond donors (Lipinski definition) is 1. The molecule has 28 heavy (non-hydrogen) atoms. The van der Waals surface area contributed by atoms with Gasteiger partial charge in [0.25, 0.3) is 5.91 Å². The van der Waals surface area contributed by atoms with Crippen LogP contribution in [0, 0.1) is 6.92 Å². The van der Waals surface area contributed by atoms with E-state index in [-0.39, 0.29) is 17.3 Å². The second kappa shape index (κ2) is 7.64. The summed E-state index contributed by atoms with van der Waals surface area (Å²) in [6.45, 7) is 9.88. The molecule has 1 N–H and O–H groups in total. The Kier molecular flexibility index (Phi) is 5.21. The van der Waals surface area contributed by atoms with E-state index in [0.717, 1.165) is 37.4 Å². The quantitative estimate of drug-likeness (QED) is 0.880. The summed E-state index contributed by atoms with van der Waals surface area (Å²) in [5.41, 5.74) is 1.99. The number of nitrogens with one attached hydrogen (secondary N) is 1. The zero-order chi connectivity index (χ0) is 19.7. The maximum atomic E-state index is 13.4. The fourth-order valence-corrected chi connectivity index (χ4v) is 4.36. The van der Waals surface area contributed by atoms with Crippen molar-refractivity contribution in [3.05, 3.63) is 41.5 Å². The van der Waals surface area contributed by atoms with E-state index < -0.39 is 0 Å². The number of piperazine rings is 1. The van der Waals surface area contributed by atoms with E-state index in [0.29, 0.717) is 25.7 Å². The molecule has 2 saturated heterocycles. The first kappa shape index (κ1) is 19.1. The average molecular weight is 383 g/mol. The molecule has 2 aromatic rings. The third-order valence-electron chi connectivity index (χ3n) is 5.95. The molecule has 150 valence electrons. The van der Waals surface area contributed by atoms with E-state index in [1.807, 2.05) is 30.0 Å². The monoisotopic (exact) mass is 383 g/mol. The van der Waals surface area contributed by atoms with Crippen molar-refractivity contribution < 1.29 is 9.53 Å². The van der Waals surface area contributed by atoms with Crippen molar-refractivity contribution >= 4 is 5.91 Å². The summed E-state index contributed by atoms with van der Waals surface area (Å²) < 4.78 is 7.35. The lowest BCUT2D eigenvalue weighted by atomic mass is 9.86. The summed E-state index contributed by atoms with van der Waals surface area (Å²) in [5.74, 6) is 1.29. The van der Waals surface area contributed by atoms with Crippen molar-refractivity contribution in [3.8, 4) is 5.69 Å². The van der Waals surface area contributed by atoms with Gasteiger partial charge in [-0.3, -0.25) is 4.79 Å². The van der Waals surface area contributed by atoms with Gasteiger partial charge >= 0.3 is 0 Å². The first-order valence-electron chi connectivity index (χ1n) is 10.2. The highest BCUT2D eigenvalue weighted by atomic mass is 16.5. The summed E-state index contributed by atoms with van der Waals surface area (Å²) in [6, 6.07) is 8.18. The van der Waals surface area contributed by atoms with Gasteiger partial charge in [0, 0.05) is 32.8 Å². The number of aryl methyl sites for hydroxylation is 1. The summed E-state index contributed by atoms with van der Waals surface area (Å²) in [5, 5.41) is 8.09. The average Bonchev–Trinajstić information content (AvgIpc) is 3.10. The van der Waals surface area contributed by atoms with Crippen LogP contribution in [0.5, 0.6) is 0 Å². The number of nitrogens with zero attached hydrogens (tertiary/aromatic N) is 4. The van der Waals surface area contributed by atoms with Crippen LogP contribution in [0.25, 0.3) is 5.69 Å². The van der Waals surface area contributed by atoms with E-state index in [4.69, 9.17) is 4.74 Å². The number of ether oxygens (including phenoxy) is 1. The Balaban J connectivity index is 1.67. The first-order chi connectivity index (χ1) is 13.5. The molecular formula is C21H29N5O2. The molecule has 0 radical (unpaired) electrons. The van der Waals surface area contributed by atoms with Gasteiger partial charge in [-0.05, 0) is 37.3 Å². The summed E-state index contributed by atoms with van der Waals surface area (Å²) in [4.78, 5) is 19.9. The molecule has 2 aliphatic rings. The van der Waals surface area contributed by atoms with Crippen LogP contribution in [-0.4, -0.2) is 64.0 Å². The SMILES string of the molecule is Cc1nc(C(=O)N2CCNCC23CCOCC3)nn1-c1ccccc1C(C)C. The van der Waals surface area contributed by atoms with E-state index >= 15 is 0 Å². The summed E-state index contributed by atoms with van der Waals surface area (Å²) in [7, 11) is 0. The standard InChI is InChI=1S/C21H29N5O2/c1-15(2)17-6-4-5-7-18(17)26-16(3)23-19(24-26)20(27)25-11-10-22-14-21(25)8-12-28-13-9-21/h4-7,15,22H,8-14H2,1-3H3. The molecule has 0 atom stereocenters. The molecule has 1 spiro atoms. The third kappa shape index (κ3) is 3.33. The predicted octanol–water partition coefficient (Wildman–Crippen LogP) is 2.29. The molecule has 3 heterocycles. The highest BCUT2D eigenvalue weighted by molar-refractivity contribution is 5.91. The van der Waals surface area contributed by atoms with Crippen LogP contribution in [-0.2, 0) is 4.74 Å². The van der Waals surface area contributed by atoms with Crippen molar-refractivity contribution in [3.63, 3.8) is 0 Å². The Morgan fingerprint density at radius 3 is 2.75 bits per heavy atom. The smallest absolute Gasteiger partial charge is 0.294 e. The Labute approximate surface area is 166 Å². The summed E-state index contributed by atoms with van der Waals surface area (Å²) in [6.07, 6.45) is 1.70. The van der Waals surface area contributed by atoms with Crippen LogP contribution in [0.1, 0.15) is 54.6 Å². The Morgan fingerprint density at radius 1 is 1.25 bits per heavy atom. The lowest BCUT2D eigenvalue weighted by molar-refractivity contribution is -0.0296. The minimum absolute atomic E-state index is 0.0766. The van der Waals surface area contributed by atoms with Gasteiger partial charge in [0.15, 0.2) is 0 Å². The molecule has 2 aliphatic heterocycles. The zero-order valence-electron chi connectivity index (χ0n) is 16.9. The largest absolute Gasteiger partial charge is 0.381 e. The molecule has 1 aromatic heterocycles. The van der Waals surface area contributed by atoms with Crippen molar-refractivity contribution in [2.75, 3.05) is 32.8 Å². The second-order valence-corrected chi connectivity index (χ2v) is 8.08. The number of amides is 1. The van der Waals surface area contributed by atoms with Crippen molar-refractivity contribution in [2.24, 2.45) is 0 Å². The zero-order valence-corrected chi connectivity index (χ0v) is 16.9. The third-order valence-corrected chi connectivity index (χ3v) is 5.95. The van der Waals surface area contributed by atoms with Gasteiger partial charge < -0.3 is 15.0 Å². The Bertz CT molecular complexity index is 846. The highest BCUT2D eigenvalue weighted by Crippen LogP contribution is 2.30. The van der Waals surface area contributed by atoms with Gasteiger partial charge in [-0.1, -0.05) is 32.0 Å². The lowest BCUT2D eigenvalue weighted by Gasteiger charge is -2.49. The normalized spacial score (nSPS) is 19.4. The van der Waals surface area contributed by atoms with Gasteiger partial charge in [0.1, 0.15) is 5.82 Å². The van der Waals surface area contributed by atoms with Crippen LogP contribution in [0.4, 0.5) is 0 Å². The van der Waals surface area contributed by atoms with E-state index in [1.54, 1.807) is 4.68 Å². The fourth-order valence-electron chi connectivity index (χ4n) is 4.36. The van der Waals surface area contributed by atoms with E-state index in [9.17, 15) is 4.79 Å². The van der Waals surface area contributed by atoms with Crippen LogP contribution in [0.15, 0.2) is 24.3 Å². The summed E-state index contributed by atoms with van der Waals surface area (Å²) >= 11 is 0. The topological polar surface area (TPSA) is 72.3 Å². The molecule has 2 fully saturated rings. The number of rotatable bonds is 3. The van der Waals surface area contributed by atoms with E-state index in [2.05, 4.69) is 35.3 Å². The van der Waals surface area contributed by atoms with E-state index in [1.165, 1.54) is 5.56 Å². The molecule has 1 aromatic carbocycles. The van der Waals surface area contributed by atoms with Gasteiger partial charge in [-0.15, -0.1) is 5.10 Å². The van der Waals surface area contributed by atoms with Gasteiger partial charge in [0.2, 0.25) is 5.82 Å². The Hall–Kier alpha value is -2.25. The molecule has 0 saturated carbocycles. The molecule has 7 nitrogen and oxygen atoms in total. The number of carbonyl (C=O) groups is 1. The second-order valence-electron chi connectivity index (χ2n) is 8.08. The minimum Gasteiger partial charge on any atom is -0.381 e. The maximum Gasteiger partial charge on any atom is 0.294 e. The molecule has 1 amide bonds. The minimum atomic E-state index is -0.192. The molecule has 4 rings (SSSR count). The first-order valence-corrected chi connectivity index (χ1v) is 10.2. The van der Waals surface area contributed by atoms with Gasteiger partial charge in [0.05, 0.1) is 11.2 Å². The molecular weight excluding hydrogens is 354 g/mol. The molecule has 0 bridgehead atoms. The van der Waals surface area contributed by atoms with Crippen molar-refractivity contribution in [2.45, 2.75) is 45.1 Å². The maximum absolute atomic E-state index is 13.4. The van der Waals surface area contributed by atoms with Crippen LogP contribution in [0.2, 0.25) is 0 Å². The molecule has 7 heteroatoms. The highest BCUT2D eigenvalue weighted by Gasteiger charge is 2.44. The van der Waals surface area contributed by atoms with Crippen molar-refractivity contribution in [1.82, 2.24) is 25.0 Å². The number of aromatic nitrogens is 3. The molecule has 0 unspecified atom stereocenters. The van der Waals surface area contributed by atoms with Crippen LogP contribution >= 0.6 is 0 Å². The van der Waals surface area contributed by atoms with Crippen molar-refractivity contribution in [1.29, 1.82) is 0 Å². The lowest BCUT2D eigenvalue weighted by Crippen LogP contribution is -2.65. The predicted molar refractivity (Wildman–Crippen MR) is 107 cm³/mol. The van der Waals surface area contributed by atoms with Gasteiger partial charge in [-0.2, -0.15) is 0 Å². The van der Waals surface area contributed by atoms with Crippen LogP contribution in [0.3, 0.4) is 0 Å². The number of benzene rings is 1. The van der Waals surface area contributed by atoms with Crippen LogP contribution < -0.4 is 5.32 Å². The fraction of sp³-hybridized carbons (Fsp3) is 0.571. The van der Waals surface area contributed by atoms with Gasteiger partial charge in [-0.25, -0.2) is 9.67 Å². The number of carbonyl (C=O) groups excluding carboxylic acids is 1. The number of hydrogen-bond acceptors (Lipinski definition) is 5. The molecule has 0 aliphatic carbocycles.